The molecule has 7 heteroatoms. The number of sulfonamides is 1. The number of carbonyl (C=O) groups excluding carboxylic acids is 1. The van der Waals surface area contributed by atoms with E-state index >= 15 is 0 Å². The highest BCUT2D eigenvalue weighted by atomic mass is 32.2. The number of hydrogen-bond donors (Lipinski definition) is 2. The van der Waals surface area contributed by atoms with Crippen molar-refractivity contribution in [1.82, 2.24) is 10.0 Å². The average Bonchev–Trinajstić information content (AvgIpc) is 2.71. The van der Waals surface area contributed by atoms with Gasteiger partial charge in [0.1, 0.15) is 5.75 Å². The molecule has 3 aromatic carbocycles. The zero-order valence-electron chi connectivity index (χ0n) is 15.5. The molecule has 0 atom stereocenters. The molecule has 3 rings (SSSR count). The van der Waals surface area contributed by atoms with Gasteiger partial charge in [-0.2, -0.15) is 0 Å². The fourth-order valence-electron chi connectivity index (χ4n) is 2.85. The number of ether oxygens (including phenoxy) is 1. The maximum absolute atomic E-state index is 12.4. The van der Waals surface area contributed by atoms with Crippen LogP contribution in [0.3, 0.4) is 0 Å². The van der Waals surface area contributed by atoms with Gasteiger partial charge in [0.05, 0.1) is 11.5 Å². The zero-order valence-corrected chi connectivity index (χ0v) is 16.3. The molecule has 6 nitrogen and oxygen atoms in total. The summed E-state index contributed by atoms with van der Waals surface area (Å²) in [5.74, 6) is 0.376. The van der Waals surface area contributed by atoms with E-state index in [0.717, 1.165) is 10.8 Å². The van der Waals surface area contributed by atoms with Crippen LogP contribution in [0.1, 0.15) is 17.3 Å². The first-order chi connectivity index (χ1) is 13.5. The van der Waals surface area contributed by atoms with Crippen LogP contribution in [0.5, 0.6) is 5.75 Å². The second-order valence-electron chi connectivity index (χ2n) is 6.08. The first-order valence-electron chi connectivity index (χ1n) is 9.00. The van der Waals surface area contributed by atoms with E-state index in [2.05, 4.69) is 10.0 Å². The van der Waals surface area contributed by atoms with Crippen LogP contribution in [0.4, 0.5) is 0 Å². The number of rotatable bonds is 8. The number of fused-ring (bicyclic) bond motifs is 1. The lowest BCUT2D eigenvalue weighted by molar-refractivity contribution is 0.0956. The van der Waals surface area contributed by atoms with Gasteiger partial charge in [-0.05, 0) is 48.0 Å². The summed E-state index contributed by atoms with van der Waals surface area (Å²) in [5.41, 5.74) is 0.562. The van der Waals surface area contributed by atoms with E-state index in [-0.39, 0.29) is 23.9 Å². The number of nitrogens with one attached hydrogen (secondary N) is 2. The number of benzene rings is 3. The van der Waals surface area contributed by atoms with Gasteiger partial charge < -0.3 is 10.1 Å². The first kappa shape index (κ1) is 19.9. The van der Waals surface area contributed by atoms with Gasteiger partial charge in [0.25, 0.3) is 5.91 Å². The van der Waals surface area contributed by atoms with E-state index in [1.54, 1.807) is 18.2 Å². The van der Waals surface area contributed by atoms with Gasteiger partial charge in [-0.3, -0.25) is 4.79 Å². The number of hydrogen-bond acceptors (Lipinski definition) is 4. The van der Waals surface area contributed by atoms with E-state index in [0.29, 0.717) is 17.9 Å². The molecule has 0 bridgehead atoms. The SMILES string of the molecule is CCOc1ccc(S(=O)(=O)NCCNC(=O)c2cccc3ccccc23)cc1. The molecular weight excluding hydrogens is 376 g/mol. The van der Waals surface area contributed by atoms with Crippen LogP contribution in [0.2, 0.25) is 0 Å². The Hall–Kier alpha value is -2.90. The summed E-state index contributed by atoms with van der Waals surface area (Å²) >= 11 is 0. The van der Waals surface area contributed by atoms with Crippen LogP contribution in [-0.2, 0) is 10.0 Å². The molecule has 0 aromatic heterocycles. The Labute approximate surface area is 164 Å². The van der Waals surface area contributed by atoms with Crippen molar-refractivity contribution < 1.29 is 17.9 Å². The Morgan fingerprint density at radius 1 is 0.929 bits per heavy atom. The highest BCUT2D eigenvalue weighted by Gasteiger charge is 2.14. The smallest absolute Gasteiger partial charge is 0.251 e. The Morgan fingerprint density at radius 2 is 1.64 bits per heavy atom. The van der Waals surface area contributed by atoms with E-state index in [1.165, 1.54) is 12.1 Å². The molecule has 0 saturated heterocycles. The molecule has 0 saturated carbocycles. The lowest BCUT2D eigenvalue weighted by Crippen LogP contribution is -2.34. The fourth-order valence-corrected chi connectivity index (χ4v) is 3.88. The molecule has 146 valence electrons. The molecular formula is C21H22N2O4S. The predicted molar refractivity (Wildman–Crippen MR) is 109 cm³/mol. The molecule has 0 heterocycles. The lowest BCUT2D eigenvalue weighted by Gasteiger charge is -2.10. The van der Waals surface area contributed by atoms with Gasteiger partial charge in [0.15, 0.2) is 0 Å². The van der Waals surface area contributed by atoms with Gasteiger partial charge in [-0.25, -0.2) is 13.1 Å². The third-order valence-corrected chi connectivity index (χ3v) is 5.66. The summed E-state index contributed by atoms with van der Waals surface area (Å²) in [6.07, 6.45) is 0. The molecule has 0 radical (unpaired) electrons. The minimum atomic E-state index is -3.65. The standard InChI is InChI=1S/C21H22N2O4S/c1-2-27-17-10-12-18(13-11-17)28(25,26)23-15-14-22-21(24)20-9-5-7-16-6-3-4-8-19(16)20/h3-13,23H,2,14-15H2,1H3,(H,22,24). The number of amides is 1. The van der Waals surface area contributed by atoms with Crippen molar-refractivity contribution in [3.8, 4) is 5.75 Å². The van der Waals surface area contributed by atoms with Crippen LogP contribution in [-0.4, -0.2) is 34.0 Å². The Balaban J connectivity index is 1.56. The van der Waals surface area contributed by atoms with E-state index < -0.39 is 10.0 Å². The molecule has 1 amide bonds. The van der Waals surface area contributed by atoms with Gasteiger partial charge in [0.2, 0.25) is 10.0 Å². The van der Waals surface area contributed by atoms with Gasteiger partial charge >= 0.3 is 0 Å². The van der Waals surface area contributed by atoms with E-state index in [4.69, 9.17) is 4.74 Å². The van der Waals surface area contributed by atoms with Crippen LogP contribution in [0.15, 0.2) is 71.6 Å². The molecule has 28 heavy (non-hydrogen) atoms. The fraction of sp³-hybridized carbons (Fsp3) is 0.190. The Kier molecular flexibility index (Phi) is 6.28. The topological polar surface area (TPSA) is 84.5 Å². The van der Waals surface area contributed by atoms with Crippen molar-refractivity contribution in [2.75, 3.05) is 19.7 Å². The quantitative estimate of drug-likeness (QED) is 0.572. The van der Waals surface area contributed by atoms with Crippen molar-refractivity contribution in [3.05, 3.63) is 72.3 Å². The second kappa shape index (κ2) is 8.86. The second-order valence-corrected chi connectivity index (χ2v) is 7.85. The van der Waals surface area contributed by atoms with Crippen molar-refractivity contribution in [2.45, 2.75) is 11.8 Å². The molecule has 0 aliphatic rings. The highest BCUT2D eigenvalue weighted by molar-refractivity contribution is 7.89. The molecule has 0 aliphatic carbocycles. The first-order valence-corrected chi connectivity index (χ1v) is 10.5. The highest BCUT2D eigenvalue weighted by Crippen LogP contribution is 2.18. The summed E-state index contributed by atoms with van der Waals surface area (Å²) in [5, 5.41) is 4.59. The van der Waals surface area contributed by atoms with Gasteiger partial charge in [-0.15, -0.1) is 0 Å². The Morgan fingerprint density at radius 3 is 2.39 bits per heavy atom. The third kappa shape index (κ3) is 4.68. The van der Waals surface area contributed by atoms with E-state index in [1.807, 2.05) is 43.3 Å². The lowest BCUT2D eigenvalue weighted by atomic mass is 10.0. The average molecular weight is 398 g/mol. The predicted octanol–water partition coefficient (Wildman–Crippen LogP) is 2.95. The summed E-state index contributed by atoms with van der Waals surface area (Å²) in [4.78, 5) is 12.6. The van der Waals surface area contributed by atoms with Crippen molar-refractivity contribution in [2.24, 2.45) is 0 Å². The third-order valence-electron chi connectivity index (χ3n) is 4.18. The van der Waals surface area contributed by atoms with Crippen molar-refractivity contribution in [3.63, 3.8) is 0 Å². The summed E-state index contributed by atoms with van der Waals surface area (Å²) < 4.78 is 32.4. The van der Waals surface area contributed by atoms with Crippen molar-refractivity contribution in [1.29, 1.82) is 0 Å². The van der Waals surface area contributed by atoms with Gasteiger partial charge in [-0.1, -0.05) is 36.4 Å². The van der Waals surface area contributed by atoms with Crippen LogP contribution >= 0.6 is 0 Å². The minimum Gasteiger partial charge on any atom is -0.494 e. The molecule has 3 aromatic rings. The Bertz CT molecular complexity index is 1060. The van der Waals surface area contributed by atoms with Gasteiger partial charge in [0, 0.05) is 18.7 Å². The monoisotopic (exact) mass is 398 g/mol. The maximum Gasteiger partial charge on any atom is 0.251 e. The molecule has 0 spiro atoms. The summed E-state index contributed by atoms with van der Waals surface area (Å²) in [6, 6.07) is 19.3. The largest absolute Gasteiger partial charge is 0.494 e. The van der Waals surface area contributed by atoms with E-state index in [9.17, 15) is 13.2 Å². The molecule has 0 unspecified atom stereocenters. The molecule has 0 fully saturated rings. The maximum atomic E-state index is 12.4. The zero-order chi connectivity index (χ0) is 20.0. The number of carbonyl (C=O) groups is 1. The van der Waals surface area contributed by atoms with Crippen LogP contribution in [0.25, 0.3) is 10.8 Å². The van der Waals surface area contributed by atoms with Crippen LogP contribution < -0.4 is 14.8 Å². The molecule has 2 N–H and O–H groups in total. The summed E-state index contributed by atoms with van der Waals surface area (Å²) in [7, 11) is -3.65. The minimum absolute atomic E-state index is 0.0893. The van der Waals surface area contributed by atoms with Crippen LogP contribution in [0, 0.1) is 0 Å². The summed E-state index contributed by atoms with van der Waals surface area (Å²) in [6.45, 7) is 2.64. The normalized spacial score (nSPS) is 11.3. The molecule has 0 aliphatic heterocycles. The van der Waals surface area contributed by atoms with Crippen molar-refractivity contribution >= 4 is 26.7 Å².